The molecule has 5 nitrogen and oxygen atoms in total. The van der Waals surface area contributed by atoms with E-state index in [1.54, 1.807) is 30.3 Å². The lowest BCUT2D eigenvalue weighted by molar-refractivity contribution is -0.313. The molecule has 0 aliphatic heterocycles. The van der Waals surface area contributed by atoms with Crippen LogP contribution in [-0.2, 0) is 9.59 Å². The number of amides is 1. The minimum atomic E-state index is -1.17. The van der Waals surface area contributed by atoms with E-state index in [1.165, 1.54) is 0 Å². The van der Waals surface area contributed by atoms with Gasteiger partial charge in [0.1, 0.15) is 5.75 Å². The lowest BCUT2D eigenvalue weighted by atomic mass is 9.82. The summed E-state index contributed by atoms with van der Waals surface area (Å²) >= 11 is 0. The molecule has 0 heterocycles. The van der Waals surface area contributed by atoms with Gasteiger partial charge < -0.3 is 20.0 Å². The van der Waals surface area contributed by atoms with Crippen molar-refractivity contribution in [1.29, 1.82) is 0 Å². The van der Waals surface area contributed by atoms with Crippen LogP contribution in [0, 0.1) is 11.8 Å². The van der Waals surface area contributed by atoms with E-state index in [4.69, 9.17) is 4.74 Å². The molecule has 1 aliphatic rings. The van der Waals surface area contributed by atoms with Crippen molar-refractivity contribution >= 4 is 17.6 Å². The number of anilines is 1. The normalized spacial score (nSPS) is 19.7. The molecule has 0 aromatic heterocycles. The summed E-state index contributed by atoms with van der Waals surface area (Å²) in [7, 11) is 0. The first-order chi connectivity index (χ1) is 11.6. The van der Waals surface area contributed by atoms with Crippen molar-refractivity contribution in [3.05, 3.63) is 36.4 Å². The van der Waals surface area contributed by atoms with Gasteiger partial charge in [0.2, 0.25) is 5.91 Å². The van der Waals surface area contributed by atoms with Crippen LogP contribution in [0.2, 0.25) is 0 Å². The van der Waals surface area contributed by atoms with Gasteiger partial charge in [0.05, 0.1) is 12.5 Å². The summed E-state index contributed by atoms with van der Waals surface area (Å²) in [5.74, 6) is -2.06. The van der Waals surface area contributed by atoms with Crippen LogP contribution >= 0.6 is 0 Å². The lowest BCUT2D eigenvalue weighted by Crippen LogP contribution is -2.41. The van der Waals surface area contributed by atoms with Gasteiger partial charge in [0.15, 0.2) is 0 Å². The third-order valence-corrected chi connectivity index (χ3v) is 4.21. The predicted molar refractivity (Wildman–Crippen MR) is 90.5 cm³/mol. The number of aliphatic carboxylic acids is 1. The van der Waals surface area contributed by atoms with E-state index in [2.05, 4.69) is 12.2 Å². The molecule has 1 aromatic carbocycles. The molecular weight excluding hydrogens is 306 g/mol. The standard InChI is InChI=1S/C19H25NO4/c1-2-3-6-13-24-15-11-9-14(10-12-15)20-18(21)16-7-4-5-8-17(16)19(22)23/h4-5,9-12,16-17H,2-3,6-8,13H2,1H3,(H,20,21)(H,22,23)/p-1/t16-,17-/m1/s1. The predicted octanol–water partition coefficient (Wildman–Crippen LogP) is 2.53. The fourth-order valence-corrected chi connectivity index (χ4v) is 2.78. The van der Waals surface area contributed by atoms with Gasteiger partial charge in [0.25, 0.3) is 0 Å². The maximum atomic E-state index is 12.3. The number of allylic oxidation sites excluding steroid dienone is 2. The minimum Gasteiger partial charge on any atom is -0.550 e. The molecule has 2 rings (SSSR count). The number of carboxylic acids is 1. The Labute approximate surface area is 142 Å². The number of carbonyl (C=O) groups excluding carboxylic acids is 2. The van der Waals surface area contributed by atoms with E-state index in [1.807, 2.05) is 6.08 Å². The summed E-state index contributed by atoms with van der Waals surface area (Å²) in [4.78, 5) is 23.5. The van der Waals surface area contributed by atoms with Crippen molar-refractivity contribution in [1.82, 2.24) is 0 Å². The Bertz CT molecular complexity index is 580. The second-order valence-corrected chi connectivity index (χ2v) is 6.04. The van der Waals surface area contributed by atoms with E-state index in [9.17, 15) is 14.7 Å². The fraction of sp³-hybridized carbons (Fsp3) is 0.474. The highest BCUT2D eigenvalue weighted by molar-refractivity contribution is 5.95. The first-order valence-electron chi connectivity index (χ1n) is 8.51. The Balaban J connectivity index is 1.89. The van der Waals surface area contributed by atoms with Crippen LogP contribution in [0.5, 0.6) is 5.75 Å². The number of nitrogens with one attached hydrogen (secondary N) is 1. The first-order valence-corrected chi connectivity index (χ1v) is 8.51. The van der Waals surface area contributed by atoms with Gasteiger partial charge in [-0.2, -0.15) is 0 Å². The zero-order chi connectivity index (χ0) is 17.4. The Morgan fingerprint density at radius 2 is 1.79 bits per heavy atom. The van der Waals surface area contributed by atoms with Crippen molar-refractivity contribution in [3.63, 3.8) is 0 Å². The van der Waals surface area contributed by atoms with Crippen LogP contribution in [0.25, 0.3) is 0 Å². The van der Waals surface area contributed by atoms with Crippen LogP contribution in [0.1, 0.15) is 39.0 Å². The zero-order valence-corrected chi connectivity index (χ0v) is 14.0. The summed E-state index contributed by atoms with van der Waals surface area (Å²) in [6.07, 6.45) is 7.70. The molecule has 0 bridgehead atoms. The van der Waals surface area contributed by atoms with Crippen molar-refractivity contribution in [2.45, 2.75) is 39.0 Å². The van der Waals surface area contributed by atoms with Crippen molar-refractivity contribution in [2.75, 3.05) is 11.9 Å². The average Bonchev–Trinajstić information content (AvgIpc) is 2.60. The molecule has 0 spiro atoms. The number of carboxylic acid groups (broad SMARTS) is 1. The fourth-order valence-electron chi connectivity index (χ4n) is 2.78. The van der Waals surface area contributed by atoms with Crippen LogP contribution in [0.15, 0.2) is 36.4 Å². The topological polar surface area (TPSA) is 78.5 Å². The second kappa shape index (κ2) is 9.11. The molecule has 1 aromatic rings. The number of hydrogen-bond acceptors (Lipinski definition) is 4. The van der Waals surface area contributed by atoms with Gasteiger partial charge in [-0.3, -0.25) is 4.79 Å². The van der Waals surface area contributed by atoms with Crippen LogP contribution in [-0.4, -0.2) is 18.5 Å². The van der Waals surface area contributed by atoms with E-state index in [0.29, 0.717) is 25.1 Å². The van der Waals surface area contributed by atoms with Crippen LogP contribution in [0.3, 0.4) is 0 Å². The van der Waals surface area contributed by atoms with E-state index in [-0.39, 0.29) is 5.91 Å². The monoisotopic (exact) mass is 330 g/mol. The Hall–Kier alpha value is -2.30. The largest absolute Gasteiger partial charge is 0.550 e. The molecule has 0 saturated carbocycles. The molecule has 0 saturated heterocycles. The summed E-state index contributed by atoms with van der Waals surface area (Å²) < 4.78 is 5.63. The molecule has 5 heteroatoms. The second-order valence-electron chi connectivity index (χ2n) is 6.04. The molecule has 1 amide bonds. The maximum Gasteiger partial charge on any atom is 0.228 e. The number of benzene rings is 1. The SMILES string of the molecule is CCCCCOc1ccc(NC(=O)[C@@H]2CC=CC[C@H]2C(=O)[O-])cc1. The van der Waals surface area contributed by atoms with Crippen molar-refractivity contribution in [3.8, 4) is 5.75 Å². The van der Waals surface area contributed by atoms with Crippen molar-refractivity contribution in [2.24, 2.45) is 11.8 Å². The molecular formula is C19H24NO4-. The van der Waals surface area contributed by atoms with Gasteiger partial charge in [-0.1, -0.05) is 31.9 Å². The van der Waals surface area contributed by atoms with E-state index >= 15 is 0 Å². The lowest BCUT2D eigenvalue weighted by Gasteiger charge is -2.28. The van der Waals surface area contributed by atoms with E-state index in [0.717, 1.165) is 25.0 Å². The van der Waals surface area contributed by atoms with Gasteiger partial charge in [-0.05, 0) is 43.5 Å². The summed E-state index contributed by atoms with van der Waals surface area (Å²) in [6.45, 7) is 2.83. The summed E-state index contributed by atoms with van der Waals surface area (Å²) in [6, 6.07) is 7.14. The molecule has 24 heavy (non-hydrogen) atoms. The Morgan fingerprint density at radius 3 is 2.42 bits per heavy atom. The van der Waals surface area contributed by atoms with E-state index < -0.39 is 17.8 Å². The van der Waals surface area contributed by atoms with Gasteiger partial charge >= 0.3 is 0 Å². The molecule has 130 valence electrons. The number of unbranched alkanes of at least 4 members (excludes halogenated alkanes) is 2. The quantitative estimate of drug-likeness (QED) is 0.587. The summed E-state index contributed by atoms with van der Waals surface area (Å²) in [5, 5.41) is 14.0. The highest BCUT2D eigenvalue weighted by atomic mass is 16.5. The average molecular weight is 330 g/mol. The van der Waals surface area contributed by atoms with Crippen LogP contribution < -0.4 is 15.2 Å². The number of rotatable bonds is 8. The van der Waals surface area contributed by atoms with Crippen molar-refractivity contribution < 1.29 is 19.4 Å². The van der Waals surface area contributed by atoms with Gasteiger partial charge in [-0.15, -0.1) is 0 Å². The minimum absolute atomic E-state index is 0.287. The van der Waals surface area contributed by atoms with Gasteiger partial charge in [-0.25, -0.2) is 0 Å². The van der Waals surface area contributed by atoms with Gasteiger partial charge in [0, 0.05) is 17.6 Å². The smallest absolute Gasteiger partial charge is 0.228 e. The third kappa shape index (κ3) is 5.11. The number of carbonyl (C=O) groups is 2. The molecule has 0 unspecified atom stereocenters. The third-order valence-electron chi connectivity index (χ3n) is 4.21. The zero-order valence-electron chi connectivity index (χ0n) is 14.0. The molecule has 2 atom stereocenters. The maximum absolute atomic E-state index is 12.3. The molecule has 0 fully saturated rings. The summed E-state index contributed by atoms with van der Waals surface area (Å²) in [5.41, 5.74) is 0.632. The van der Waals surface area contributed by atoms with Crippen LogP contribution in [0.4, 0.5) is 5.69 Å². The number of hydrogen-bond donors (Lipinski definition) is 1. The molecule has 1 aliphatic carbocycles. The molecule has 0 radical (unpaired) electrons. The Morgan fingerprint density at radius 1 is 1.12 bits per heavy atom. The molecule has 1 N–H and O–H groups in total. The number of ether oxygens (including phenoxy) is 1. The highest BCUT2D eigenvalue weighted by Gasteiger charge is 2.29. The first kappa shape index (κ1) is 18.0. The Kier molecular flexibility index (Phi) is 6.85. The highest BCUT2D eigenvalue weighted by Crippen LogP contribution is 2.27.